The van der Waals surface area contributed by atoms with Gasteiger partial charge in [-0.05, 0) is 59.9 Å². The molecule has 3 N–H and O–H groups in total. The molecule has 0 saturated carbocycles. The first kappa shape index (κ1) is 27.2. The highest BCUT2D eigenvalue weighted by molar-refractivity contribution is 5.94. The average Bonchev–Trinajstić information content (AvgIpc) is 3.40. The van der Waals surface area contributed by atoms with Crippen molar-refractivity contribution in [1.82, 2.24) is 10.2 Å². The fraction of sp³-hybridized carbons (Fsp3) is 0.273. The van der Waals surface area contributed by atoms with Crippen LogP contribution in [-0.2, 0) is 0 Å². The topological polar surface area (TPSA) is 90.9 Å². The molecule has 0 aromatic heterocycles. The number of carbonyl (C=O) groups excluding carboxylic acids is 1. The number of carbonyl (C=O) groups is 2. The minimum absolute atomic E-state index is 0.0991. The van der Waals surface area contributed by atoms with Crippen molar-refractivity contribution in [3.8, 4) is 5.75 Å². The van der Waals surface area contributed by atoms with E-state index in [1.54, 1.807) is 6.07 Å². The van der Waals surface area contributed by atoms with Gasteiger partial charge in [0.25, 0.3) is 0 Å². The molecule has 2 amide bonds. The third-order valence-electron chi connectivity index (χ3n) is 7.86. The van der Waals surface area contributed by atoms with Crippen LogP contribution in [0.1, 0.15) is 45.9 Å². The van der Waals surface area contributed by atoms with Crippen molar-refractivity contribution in [2.24, 2.45) is 5.92 Å². The molecule has 7 nitrogen and oxygen atoms in total. The van der Waals surface area contributed by atoms with E-state index in [0.717, 1.165) is 6.54 Å². The number of nitrogens with zero attached hydrogens (tertiary/aromatic N) is 1. The molecule has 206 valence electrons. The van der Waals surface area contributed by atoms with Crippen LogP contribution in [0.15, 0.2) is 84.9 Å². The number of methoxy groups -OCH3 is 1. The molecular formula is C33H35N3O4. The molecule has 1 aliphatic heterocycles. The number of hydrogen-bond donors (Lipinski definition) is 3. The van der Waals surface area contributed by atoms with Gasteiger partial charge in [-0.3, -0.25) is 0 Å². The van der Waals surface area contributed by atoms with E-state index in [1.165, 1.54) is 46.7 Å². The second kappa shape index (κ2) is 11.8. The van der Waals surface area contributed by atoms with Gasteiger partial charge in [0.2, 0.25) is 0 Å². The molecule has 4 aromatic carbocycles. The van der Waals surface area contributed by atoms with Gasteiger partial charge in [0.05, 0.1) is 18.4 Å². The second-order valence-electron chi connectivity index (χ2n) is 10.5. The van der Waals surface area contributed by atoms with Gasteiger partial charge in [0.15, 0.2) is 0 Å². The fourth-order valence-corrected chi connectivity index (χ4v) is 5.71. The number of amides is 2. The van der Waals surface area contributed by atoms with Crippen LogP contribution < -0.4 is 15.4 Å². The number of nitrogens with one attached hydrogen (secondary N) is 2. The van der Waals surface area contributed by atoms with Gasteiger partial charge in [-0.2, -0.15) is 0 Å². The zero-order chi connectivity index (χ0) is 28.2. The lowest BCUT2D eigenvalue weighted by atomic mass is 9.88. The number of ether oxygens (including phenoxy) is 1. The summed E-state index contributed by atoms with van der Waals surface area (Å²) in [7, 11) is 1.46. The molecule has 5 rings (SSSR count). The number of carboxylic acids is 1. The standard InChI is InChI=1S/C33H35N3O4/c1-21-8-6-11-24(16-21)29-20-36(33(39)35-30-15-14-25(32(37)38)17-31(30)40-3)19-26(29)18-34-22(2)27-13-7-10-23-9-4-5-12-28(23)27/h4-17,22,26,29,34H,18-20H2,1-3H3,(H,35,39)(H,37,38)/t22-,26+,29-/m1/s1. The Hall–Kier alpha value is -4.36. The summed E-state index contributed by atoms with van der Waals surface area (Å²) in [6, 6.07) is 27.7. The average molecular weight is 538 g/mol. The van der Waals surface area contributed by atoms with Gasteiger partial charge in [0, 0.05) is 31.6 Å². The van der Waals surface area contributed by atoms with Gasteiger partial charge < -0.3 is 25.4 Å². The van der Waals surface area contributed by atoms with Crippen molar-refractivity contribution < 1.29 is 19.4 Å². The molecule has 3 atom stereocenters. The maximum Gasteiger partial charge on any atom is 0.335 e. The van der Waals surface area contributed by atoms with Crippen LogP contribution in [0.25, 0.3) is 10.8 Å². The molecule has 1 heterocycles. The molecule has 0 aliphatic carbocycles. The number of aryl methyl sites for hydroxylation is 1. The van der Waals surface area contributed by atoms with Crippen LogP contribution in [0.3, 0.4) is 0 Å². The Kier molecular flexibility index (Phi) is 8.03. The van der Waals surface area contributed by atoms with E-state index in [0.29, 0.717) is 24.5 Å². The Labute approximate surface area is 234 Å². The van der Waals surface area contributed by atoms with Gasteiger partial charge >= 0.3 is 12.0 Å². The van der Waals surface area contributed by atoms with E-state index in [4.69, 9.17) is 4.74 Å². The van der Waals surface area contributed by atoms with Crippen molar-refractivity contribution in [3.63, 3.8) is 0 Å². The summed E-state index contributed by atoms with van der Waals surface area (Å²) in [4.78, 5) is 26.6. The Balaban J connectivity index is 1.34. The maximum absolute atomic E-state index is 13.4. The highest BCUT2D eigenvalue weighted by Crippen LogP contribution is 2.35. The summed E-state index contributed by atoms with van der Waals surface area (Å²) < 4.78 is 5.36. The maximum atomic E-state index is 13.4. The Bertz CT molecular complexity index is 1530. The van der Waals surface area contributed by atoms with Crippen LogP contribution in [0.4, 0.5) is 10.5 Å². The predicted molar refractivity (Wildman–Crippen MR) is 158 cm³/mol. The zero-order valence-corrected chi connectivity index (χ0v) is 23.1. The Morgan fingerprint density at radius 1 is 1.00 bits per heavy atom. The Morgan fingerprint density at radius 2 is 1.77 bits per heavy atom. The first-order valence-corrected chi connectivity index (χ1v) is 13.6. The fourth-order valence-electron chi connectivity index (χ4n) is 5.71. The normalized spacial score (nSPS) is 17.5. The smallest absolute Gasteiger partial charge is 0.335 e. The van der Waals surface area contributed by atoms with Crippen molar-refractivity contribution in [2.45, 2.75) is 25.8 Å². The largest absolute Gasteiger partial charge is 0.495 e. The quantitative estimate of drug-likeness (QED) is 0.240. The van der Waals surface area contributed by atoms with E-state index < -0.39 is 5.97 Å². The SMILES string of the molecule is COc1cc(C(=O)O)ccc1NC(=O)N1C[C@H](CN[C@H](C)c2cccc3ccccc23)[C@@H](c2cccc(C)c2)C1. The number of urea groups is 1. The third-order valence-corrected chi connectivity index (χ3v) is 7.86. The minimum Gasteiger partial charge on any atom is -0.495 e. The van der Waals surface area contributed by atoms with E-state index in [2.05, 4.69) is 91.2 Å². The highest BCUT2D eigenvalue weighted by atomic mass is 16.5. The number of benzene rings is 4. The van der Waals surface area contributed by atoms with E-state index in [-0.39, 0.29) is 29.5 Å². The summed E-state index contributed by atoms with van der Waals surface area (Å²) >= 11 is 0. The third kappa shape index (κ3) is 5.80. The molecule has 1 aliphatic rings. The second-order valence-corrected chi connectivity index (χ2v) is 10.5. The van der Waals surface area contributed by atoms with Crippen LogP contribution in [-0.4, -0.2) is 48.8 Å². The van der Waals surface area contributed by atoms with Crippen molar-refractivity contribution in [3.05, 3.63) is 107 Å². The molecule has 40 heavy (non-hydrogen) atoms. The van der Waals surface area contributed by atoms with Gasteiger partial charge in [0.1, 0.15) is 5.75 Å². The minimum atomic E-state index is -1.05. The molecule has 4 aromatic rings. The van der Waals surface area contributed by atoms with Crippen LogP contribution in [0.2, 0.25) is 0 Å². The molecule has 0 spiro atoms. The Morgan fingerprint density at radius 3 is 2.55 bits per heavy atom. The summed E-state index contributed by atoms with van der Waals surface area (Å²) in [5, 5.41) is 18.5. The first-order valence-electron chi connectivity index (χ1n) is 13.6. The summed E-state index contributed by atoms with van der Waals surface area (Å²) in [5.41, 5.74) is 4.22. The van der Waals surface area contributed by atoms with Gasteiger partial charge in [-0.1, -0.05) is 72.3 Å². The molecule has 7 heteroatoms. The van der Waals surface area contributed by atoms with Crippen LogP contribution in [0.5, 0.6) is 5.75 Å². The lowest BCUT2D eigenvalue weighted by Crippen LogP contribution is -2.34. The first-order chi connectivity index (χ1) is 19.3. The summed E-state index contributed by atoms with van der Waals surface area (Å²) in [6.45, 7) is 6.21. The lowest BCUT2D eigenvalue weighted by molar-refractivity contribution is 0.0696. The number of hydrogen-bond acceptors (Lipinski definition) is 4. The number of likely N-dealkylation sites (tertiary alicyclic amines) is 1. The van der Waals surface area contributed by atoms with E-state index in [9.17, 15) is 14.7 Å². The van der Waals surface area contributed by atoms with Crippen LogP contribution >= 0.6 is 0 Å². The molecule has 0 unspecified atom stereocenters. The van der Waals surface area contributed by atoms with E-state index >= 15 is 0 Å². The summed E-state index contributed by atoms with van der Waals surface area (Å²) in [5.74, 6) is -0.356. The predicted octanol–water partition coefficient (Wildman–Crippen LogP) is 6.45. The molecule has 0 bridgehead atoms. The van der Waals surface area contributed by atoms with E-state index in [1.807, 2.05) is 4.90 Å². The number of fused-ring (bicyclic) bond motifs is 1. The van der Waals surface area contributed by atoms with Gasteiger partial charge in [-0.15, -0.1) is 0 Å². The molecule has 0 radical (unpaired) electrons. The molecule has 1 saturated heterocycles. The zero-order valence-electron chi connectivity index (χ0n) is 23.1. The molecular weight excluding hydrogens is 502 g/mol. The van der Waals surface area contributed by atoms with Crippen molar-refractivity contribution >= 4 is 28.5 Å². The lowest BCUT2D eigenvalue weighted by Gasteiger charge is -2.23. The number of anilines is 1. The number of rotatable bonds is 8. The molecule has 1 fully saturated rings. The van der Waals surface area contributed by atoms with Crippen LogP contribution in [0, 0.1) is 12.8 Å². The number of carboxylic acid groups (broad SMARTS) is 1. The monoisotopic (exact) mass is 537 g/mol. The van der Waals surface area contributed by atoms with Crippen molar-refractivity contribution in [1.29, 1.82) is 0 Å². The number of aromatic carboxylic acids is 1. The highest BCUT2D eigenvalue weighted by Gasteiger charge is 2.36. The van der Waals surface area contributed by atoms with Gasteiger partial charge in [-0.25, -0.2) is 9.59 Å². The summed E-state index contributed by atoms with van der Waals surface area (Å²) in [6.07, 6.45) is 0. The van der Waals surface area contributed by atoms with Crippen molar-refractivity contribution in [2.75, 3.05) is 32.1 Å².